The molecule has 23 heavy (non-hydrogen) atoms. The number of likely N-dealkylation sites (tertiary alicyclic amines) is 1. The molecule has 1 saturated heterocycles. The molecule has 1 N–H and O–H groups in total. The van der Waals surface area contributed by atoms with Gasteiger partial charge in [0.1, 0.15) is 0 Å². The van der Waals surface area contributed by atoms with Gasteiger partial charge in [0.15, 0.2) is 11.5 Å². The van der Waals surface area contributed by atoms with Crippen LogP contribution < -0.4 is 5.32 Å². The minimum Gasteiger partial charge on any atom is -0.339 e. The van der Waals surface area contributed by atoms with Crippen LogP contribution in [0.5, 0.6) is 0 Å². The predicted molar refractivity (Wildman–Crippen MR) is 90.7 cm³/mol. The van der Waals surface area contributed by atoms with Crippen LogP contribution in [0.15, 0.2) is 42.5 Å². The van der Waals surface area contributed by atoms with Gasteiger partial charge < -0.3 is 10.2 Å². The van der Waals surface area contributed by atoms with Crippen LogP contribution in [0.25, 0.3) is 0 Å². The van der Waals surface area contributed by atoms with E-state index >= 15 is 0 Å². The zero-order valence-corrected chi connectivity index (χ0v) is 13.4. The summed E-state index contributed by atoms with van der Waals surface area (Å²) in [5.41, 5.74) is 1.37. The van der Waals surface area contributed by atoms with E-state index in [4.69, 9.17) is 0 Å². The summed E-state index contributed by atoms with van der Waals surface area (Å²) >= 11 is 0. The number of carbonyl (C=O) groups is 1. The Morgan fingerprint density at radius 1 is 1.17 bits per heavy atom. The fourth-order valence-electron chi connectivity index (χ4n) is 3.02. The van der Waals surface area contributed by atoms with Crippen LogP contribution >= 0.6 is 0 Å². The Labute approximate surface area is 136 Å². The summed E-state index contributed by atoms with van der Waals surface area (Å²) in [6, 6.07) is 13.7. The minimum atomic E-state index is -0.00434. The highest BCUT2D eigenvalue weighted by molar-refractivity contribution is 5.92. The van der Waals surface area contributed by atoms with Crippen molar-refractivity contribution < 1.29 is 4.79 Å². The Balaban J connectivity index is 1.70. The van der Waals surface area contributed by atoms with Crippen LogP contribution in [-0.2, 0) is 0 Å². The SMILES string of the molecule is CCC1CCCCN1C(=O)c1ccc(Nc2ccccc2)nn1. The molecule has 0 spiro atoms. The summed E-state index contributed by atoms with van der Waals surface area (Å²) in [5.74, 6) is 0.633. The van der Waals surface area contributed by atoms with Crippen molar-refractivity contribution >= 4 is 17.4 Å². The van der Waals surface area contributed by atoms with Crippen molar-refractivity contribution in [2.75, 3.05) is 11.9 Å². The molecule has 1 fully saturated rings. The normalized spacial score (nSPS) is 17.8. The number of para-hydroxylation sites is 1. The number of nitrogens with one attached hydrogen (secondary N) is 1. The van der Waals surface area contributed by atoms with Gasteiger partial charge in [-0.1, -0.05) is 25.1 Å². The second-order valence-corrected chi connectivity index (χ2v) is 5.85. The number of rotatable bonds is 4. The number of hydrogen-bond donors (Lipinski definition) is 1. The van der Waals surface area contributed by atoms with E-state index in [1.165, 1.54) is 6.42 Å². The summed E-state index contributed by atoms with van der Waals surface area (Å²) < 4.78 is 0. The predicted octanol–water partition coefficient (Wildman–Crippen LogP) is 3.62. The third kappa shape index (κ3) is 3.67. The highest BCUT2D eigenvalue weighted by Crippen LogP contribution is 2.21. The summed E-state index contributed by atoms with van der Waals surface area (Å²) in [7, 11) is 0. The first kappa shape index (κ1) is 15.5. The van der Waals surface area contributed by atoms with Crippen molar-refractivity contribution in [1.82, 2.24) is 15.1 Å². The van der Waals surface area contributed by atoms with E-state index in [0.29, 0.717) is 17.6 Å². The first-order valence-electron chi connectivity index (χ1n) is 8.24. The molecule has 1 aromatic carbocycles. The zero-order valence-electron chi connectivity index (χ0n) is 13.4. The number of nitrogens with zero attached hydrogens (tertiary/aromatic N) is 3. The third-order valence-electron chi connectivity index (χ3n) is 4.29. The fraction of sp³-hybridized carbons (Fsp3) is 0.389. The molecule has 1 amide bonds. The summed E-state index contributed by atoms with van der Waals surface area (Å²) in [5, 5.41) is 11.4. The molecule has 0 aliphatic carbocycles. The smallest absolute Gasteiger partial charge is 0.274 e. The maximum atomic E-state index is 12.6. The number of benzene rings is 1. The van der Waals surface area contributed by atoms with Crippen LogP contribution in [-0.4, -0.2) is 33.6 Å². The van der Waals surface area contributed by atoms with Gasteiger partial charge in [0.25, 0.3) is 5.91 Å². The second-order valence-electron chi connectivity index (χ2n) is 5.85. The molecule has 1 aliphatic heterocycles. The summed E-state index contributed by atoms with van der Waals surface area (Å²) in [4.78, 5) is 14.6. The molecule has 1 aliphatic rings. The lowest BCUT2D eigenvalue weighted by molar-refractivity contribution is 0.0601. The van der Waals surface area contributed by atoms with Gasteiger partial charge >= 0.3 is 0 Å². The average Bonchev–Trinajstić information content (AvgIpc) is 2.62. The van der Waals surface area contributed by atoms with Crippen LogP contribution in [0.4, 0.5) is 11.5 Å². The van der Waals surface area contributed by atoms with Crippen LogP contribution in [0, 0.1) is 0 Å². The Morgan fingerprint density at radius 3 is 2.70 bits per heavy atom. The Morgan fingerprint density at radius 2 is 2.00 bits per heavy atom. The Kier molecular flexibility index (Phi) is 4.86. The van der Waals surface area contributed by atoms with Crippen molar-refractivity contribution in [1.29, 1.82) is 0 Å². The van der Waals surface area contributed by atoms with E-state index in [1.54, 1.807) is 12.1 Å². The molecule has 0 bridgehead atoms. The number of carbonyl (C=O) groups excluding carboxylic acids is 1. The summed E-state index contributed by atoms with van der Waals surface area (Å²) in [6.07, 6.45) is 4.35. The number of amides is 1. The fourth-order valence-corrected chi connectivity index (χ4v) is 3.02. The first-order valence-corrected chi connectivity index (χ1v) is 8.24. The van der Waals surface area contributed by atoms with Gasteiger partial charge in [-0.2, -0.15) is 0 Å². The molecule has 1 atom stereocenters. The lowest BCUT2D eigenvalue weighted by atomic mass is 9.99. The molecule has 5 nitrogen and oxygen atoms in total. The van der Waals surface area contributed by atoms with Crippen molar-refractivity contribution in [2.45, 2.75) is 38.6 Å². The topological polar surface area (TPSA) is 58.1 Å². The molecular formula is C18H22N4O. The van der Waals surface area contributed by atoms with Crippen molar-refractivity contribution in [3.8, 4) is 0 Å². The number of anilines is 2. The third-order valence-corrected chi connectivity index (χ3v) is 4.29. The molecule has 3 rings (SSSR count). The summed E-state index contributed by atoms with van der Waals surface area (Å²) in [6.45, 7) is 2.96. The lowest BCUT2D eigenvalue weighted by Gasteiger charge is -2.34. The average molecular weight is 310 g/mol. The highest BCUT2D eigenvalue weighted by Gasteiger charge is 2.27. The monoisotopic (exact) mass is 310 g/mol. The van der Waals surface area contributed by atoms with E-state index in [0.717, 1.165) is 31.5 Å². The quantitative estimate of drug-likeness (QED) is 0.937. The van der Waals surface area contributed by atoms with E-state index in [9.17, 15) is 4.79 Å². The number of piperidine rings is 1. The standard InChI is InChI=1S/C18H22N4O/c1-2-15-10-6-7-13-22(15)18(23)16-11-12-17(21-20-16)19-14-8-4-3-5-9-14/h3-5,8-9,11-12,15H,2,6-7,10,13H2,1H3,(H,19,21). The zero-order chi connectivity index (χ0) is 16.1. The van der Waals surface area contributed by atoms with Gasteiger partial charge in [0.2, 0.25) is 0 Å². The number of hydrogen-bond acceptors (Lipinski definition) is 4. The molecule has 1 aromatic heterocycles. The largest absolute Gasteiger partial charge is 0.339 e. The Hall–Kier alpha value is -2.43. The van der Waals surface area contributed by atoms with Crippen molar-refractivity contribution in [3.63, 3.8) is 0 Å². The maximum Gasteiger partial charge on any atom is 0.274 e. The lowest BCUT2D eigenvalue weighted by Crippen LogP contribution is -2.43. The number of aromatic nitrogens is 2. The van der Waals surface area contributed by atoms with E-state index in [1.807, 2.05) is 35.2 Å². The van der Waals surface area contributed by atoms with E-state index in [2.05, 4.69) is 22.4 Å². The van der Waals surface area contributed by atoms with Gasteiger partial charge in [0, 0.05) is 18.3 Å². The minimum absolute atomic E-state index is 0.00434. The first-order chi connectivity index (χ1) is 11.3. The molecule has 1 unspecified atom stereocenters. The second kappa shape index (κ2) is 7.22. The molecular weight excluding hydrogens is 288 g/mol. The van der Waals surface area contributed by atoms with Gasteiger partial charge in [-0.05, 0) is 49.9 Å². The van der Waals surface area contributed by atoms with Gasteiger partial charge in [0.05, 0.1) is 0 Å². The van der Waals surface area contributed by atoms with Gasteiger partial charge in [-0.25, -0.2) is 0 Å². The van der Waals surface area contributed by atoms with Crippen LogP contribution in [0.2, 0.25) is 0 Å². The van der Waals surface area contributed by atoms with Crippen LogP contribution in [0.3, 0.4) is 0 Å². The Bertz CT molecular complexity index is 642. The van der Waals surface area contributed by atoms with Gasteiger partial charge in [-0.3, -0.25) is 4.79 Å². The molecule has 0 radical (unpaired) electrons. The maximum absolute atomic E-state index is 12.6. The molecule has 2 heterocycles. The molecule has 5 heteroatoms. The molecule has 0 saturated carbocycles. The van der Waals surface area contributed by atoms with Crippen molar-refractivity contribution in [3.05, 3.63) is 48.2 Å². The molecule has 2 aromatic rings. The van der Waals surface area contributed by atoms with E-state index < -0.39 is 0 Å². The highest BCUT2D eigenvalue weighted by atomic mass is 16.2. The van der Waals surface area contributed by atoms with Gasteiger partial charge in [-0.15, -0.1) is 10.2 Å². The van der Waals surface area contributed by atoms with Crippen LogP contribution in [0.1, 0.15) is 43.1 Å². The van der Waals surface area contributed by atoms with E-state index in [-0.39, 0.29) is 5.91 Å². The van der Waals surface area contributed by atoms with Crippen molar-refractivity contribution in [2.24, 2.45) is 0 Å². The molecule has 120 valence electrons.